The van der Waals surface area contributed by atoms with Crippen molar-refractivity contribution in [3.8, 4) is 0 Å². The number of aromatic nitrogens is 2. The van der Waals surface area contributed by atoms with E-state index >= 15 is 0 Å². The number of halogens is 1. The van der Waals surface area contributed by atoms with E-state index in [0.29, 0.717) is 10.7 Å². The molecule has 14 heavy (non-hydrogen) atoms. The molecule has 0 spiro atoms. The zero-order valence-electron chi connectivity index (χ0n) is 6.94. The Labute approximate surface area is 83.9 Å². The molecule has 2 aromatic heterocycles. The first-order valence-electron chi connectivity index (χ1n) is 3.54. The van der Waals surface area contributed by atoms with Gasteiger partial charge in [0.05, 0.1) is 11.2 Å². The second kappa shape index (κ2) is 3.65. The number of carboxylic acid groups (broad SMARTS) is 1. The average molecular weight is 215 g/mol. The maximum Gasteiger partial charge on any atom is 0.354 e. The SMILES string of the molecule is O.O=C(O)c1cnc2ccc(Cl)cn12. The zero-order valence-corrected chi connectivity index (χ0v) is 7.69. The fourth-order valence-electron chi connectivity index (χ4n) is 1.11. The average Bonchev–Trinajstić information content (AvgIpc) is 2.46. The molecule has 5 nitrogen and oxygen atoms in total. The molecule has 0 bridgehead atoms. The first-order chi connectivity index (χ1) is 6.18. The summed E-state index contributed by atoms with van der Waals surface area (Å²) in [5.74, 6) is -1.02. The molecule has 74 valence electrons. The lowest BCUT2D eigenvalue weighted by Gasteiger charge is -1.96. The summed E-state index contributed by atoms with van der Waals surface area (Å²) in [5, 5.41) is 9.24. The van der Waals surface area contributed by atoms with Crippen LogP contribution in [0.2, 0.25) is 5.02 Å². The van der Waals surface area contributed by atoms with Gasteiger partial charge >= 0.3 is 5.97 Å². The number of imidazole rings is 1. The van der Waals surface area contributed by atoms with Gasteiger partial charge in [-0.2, -0.15) is 0 Å². The van der Waals surface area contributed by atoms with Crippen LogP contribution in [0.1, 0.15) is 10.5 Å². The third kappa shape index (κ3) is 1.55. The highest BCUT2D eigenvalue weighted by molar-refractivity contribution is 6.30. The predicted octanol–water partition coefficient (Wildman–Crippen LogP) is 0.861. The van der Waals surface area contributed by atoms with Crippen LogP contribution in [-0.2, 0) is 0 Å². The molecule has 2 rings (SSSR count). The lowest BCUT2D eigenvalue weighted by Crippen LogP contribution is -2.00. The van der Waals surface area contributed by atoms with Crippen LogP contribution in [0.4, 0.5) is 0 Å². The molecule has 0 aliphatic heterocycles. The van der Waals surface area contributed by atoms with E-state index in [1.165, 1.54) is 16.8 Å². The number of rotatable bonds is 1. The number of carboxylic acids is 1. The van der Waals surface area contributed by atoms with Gasteiger partial charge in [0.25, 0.3) is 0 Å². The summed E-state index contributed by atoms with van der Waals surface area (Å²) >= 11 is 5.71. The van der Waals surface area contributed by atoms with E-state index in [1.807, 2.05) is 0 Å². The van der Waals surface area contributed by atoms with E-state index in [-0.39, 0.29) is 11.2 Å². The maximum atomic E-state index is 10.7. The highest BCUT2D eigenvalue weighted by Gasteiger charge is 2.09. The molecule has 2 heterocycles. The molecule has 6 heteroatoms. The quantitative estimate of drug-likeness (QED) is 0.764. The van der Waals surface area contributed by atoms with Crippen LogP contribution in [-0.4, -0.2) is 25.9 Å². The third-order valence-corrected chi connectivity index (χ3v) is 1.91. The molecule has 0 saturated heterocycles. The molecule has 0 radical (unpaired) electrons. The second-order valence-corrected chi connectivity index (χ2v) is 2.96. The Morgan fingerprint density at radius 3 is 2.86 bits per heavy atom. The van der Waals surface area contributed by atoms with Crippen LogP contribution in [0.3, 0.4) is 0 Å². The summed E-state index contributed by atoms with van der Waals surface area (Å²) in [4.78, 5) is 14.6. The fourth-order valence-corrected chi connectivity index (χ4v) is 1.27. The highest BCUT2D eigenvalue weighted by atomic mass is 35.5. The van der Waals surface area contributed by atoms with Crippen molar-refractivity contribution >= 4 is 23.2 Å². The second-order valence-electron chi connectivity index (χ2n) is 2.52. The molecule has 0 saturated carbocycles. The van der Waals surface area contributed by atoms with E-state index in [2.05, 4.69) is 4.98 Å². The van der Waals surface area contributed by atoms with Crippen LogP contribution >= 0.6 is 11.6 Å². The number of pyridine rings is 1. The molecule has 0 unspecified atom stereocenters. The summed E-state index contributed by atoms with van der Waals surface area (Å²) in [6.45, 7) is 0. The Bertz CT molecular complexity index is 480. The lowest BCUT2D eigenvalue weighted by molar-refractivity contribution is 0.0689. The largest absolute Gasteiger partial charge is 0.477 e. The van der Waals surface area contributed by atoms with Gasteiger partial charge in [-0.05, 0) is 12.1 Å². The predicted molar refractivity (Wildman–Crippen MR) is 50.8 cm³/mol. The van der Waals surface area contributed by atoms with E-state index in [4.69, 9.17) is 16.7 Å². The smallest absolute Gasteiger partial charge is 0.354 e. The summed E-state index contributed by atoms with van der Waals surface area (Å²) < 4.78 is 1.44. The Morgan fingerprint density at radius 2 is 2.21 bits per heavy atom. The van der Waals surface area contributed by atoms with Crippen LogP contribution in [0, 0.1) is 0 Å². The molecular formula is C8H7ClN2O3. The number of nitrogens with zero attached hydrogens (tertiary/aromatic N) is 2. The number of hydrogen-bond acceptors (Lipinski definition) is 2. The van der Waals surface area contributed by atoms with Gasteiger partial charge in [0.2, 0.25) is 0 Å². The van der Waals surface area contributed by atoms with Gasteiger partial charge in [0, 0.05) is 6.20 Å². The first-order valence-corrected chi connectivity index (χ1v) is 3.92. The van der Waals surface area contributed by atoms with Crippen LogP contribution in [0.15, 0.2) is 24.5 Å². The Balaban J connectivity index is 0.000000980. The fraction of sp³-hybridized carbons (Fsp3) is 0. The van der Waals surface area contributed by atoms with Gasteiger partial charge in [0.15, 0.2) is 5.69 Å². The number of carbonyl (C=O) groups is 1. The molecule has 0 aromatic carbocycles. The number of aromatic carboxylic acids is 1. The van der Waals surface area contributed by atoms with E-state index < -0.39 is 5.97 Å². The normalized spacial score (nSPS) is 9.79. The topological polar surface area (TPSA) is 86.1 Å². The lowest BCUT2D eigenvalue weighted by atomic mass is 10.4. The van der Waals surface area contributed by atoms with E-state index in [9.17, 15) is 4.79 Å². The molecule has 0 aliphatic rings. The summed E-state index contributed by atoms with van der Waals surface area (Å²) in [6, 6.07) is 3.32. The van der Waals surface area contributed by atoms with Crippen LogP contribution in [0.5, 0.6) is 0 Å². The molecular weight excluding hydrogens is 208 g/mol. The maximum absolute atomic E-state index is 10.7. The minimum absolute atomic E-state index is 0. The van der Waals surface area contributed by atoms with Gasteiger partial charge in [-0.1, -0.05) is 11.6 Å². The van der Waals surface area contributed by atoms with Crippen LogP contribution in [0.25, 0.3) is 5.65 Å². The van der Waals surface area contributed by atoms with Gasteiger partial charge in [-0.3, -0.25) is 4.40 Å². The van der Waals surface area contributed by atoms with Crippen LogP contribution < -0.4 is 0 Å². The molecule has 0 aliphatic carbocycles. The molecule has 0 atom stereocenters. The van der Waals surface area contributed by atoms with Crippen molar-refractivity contribution in [2.24, 2.45) is 0 Å². The minimum Gasteiger partial charge on any atom is -0.477 e. The summed E-state index contributed by atoms with van der Waals surface area (Å²) in [6.07, 6.45) is 2.82. The third-order valence-electron chi connectivity index (χ3n) is 1.69. The van der Waals surface area contributed by atoms with E-state index in [0.717, 1.165) is 0 Å². The zero-order chi connectivity index (χ0) is 9.42. The molecule has 2 aromatic rings. The van der Waals surface area contributed by atoms with Crippen molar-refractivity contribution < 1.29 is 15.4 Å². The molecule has 0 amide bonds. The number of fused-ring (bicyclic) bond motifs is 1. The minimum atomic E-state index is -1.02. The Morgan fingerprint density at radius 1 is 1.50 bits per heavy atom. The van der Waals surface area contributed by atoms with Crippen molar-refractivity contribution in [1.82, 2.24) is 9.38 Å². The van der Waals surface area contributed by atoms with Crippen molar-refractivity contribution in [2.45, 2.75) is 0 Å². The Hall–Kier alpha value is -1.59. The Kier molecular flexibility index (Phi) is 2.73. The number of hydrogen-bond donors (Lipinski definition) is 1. The first kappa shape index (κ1) is 10.5. The van der Waals surface area contributed by atoms with Gasteiger partial charge in [-0.25, -0.2) is 9.78 Å². The van der Waals surface area contributed by atoms with Gasteiger partial charge < -0.3 is 10.6 Å². The summed E-state index contributed by atoms with van der Waals surface area (Å²) in [5.41, 5.74) is 0.680. The van der Waals surface area contributed by atoms with Crippen molar-refractivity contribution in [2.75, 3.05) is 0 Å². The van der Waals surface area contributed by atoms with E-state index in [1.54, 1.807) is 12.1 Å². The van der Waals surface area contributed by atoms with Crippen molar-refractivity contribution in [3.63, 3.8) is 0 Å². The standard InChI is InChI=1S/C8H5ClN2O2.H2O/c9-5-1-2-7-10-3-6(8(12)13)11(7)4-5;/h1-4H,(H,12,13);1H2. The molecule has 3 N–H and O–H groups in total. The highest BCUT2D eigenvalue weighted by Crippen LogP contribution is 2.12. The van der Waals surface area contributed by atoms with Crippen molar-refractivity contribution in [1.29, 1.82) is 0 Å². The van der Waals surface area contributed by atoms with Gasteiger partial charge in [-0.15, -0.1) is 0 Å². The monoisotopic (exact) mass is 214 g/mol. The summed E-state index contributed by atoms with van der Waals surface area (Å²) in [7, 11) is 0. The van der Waals surface area contributed by atoms with Gasteiger partial charge in [0.1, 0.15) is 5.65 Å². The molecule has 0 fully saturated rings. The van der Waals surface area contributed by atoms with Crippen molar-refractivity contribution in [3.05, 3.63) is 35.2 Å².